The molecule has 58 valence electrons. The molecule has 0 heterocycles. The molecule has 0 nitrogen and oxygen atoms in total. The third kappa shape index (κ3) is 0.408. The molecule has 0 spiro atoms. The van der Waals surface area contributed by atoms with E-state index in [9.17, 15) is 0 Å². The van der Waals surface area contributed by atoms with E-state index < -0.39 is 0 Å². The van der Waals surface area contributed by atoms with Crippen molar-refractivity contribution in [2.75, 3.05) is 0 Å². The van der Waals surface area contributed by atoms with Gasteiger partial charge in [-0.15, -0.1) is 0 Å². The lowest BCUT2D eigenvalue weighted by Gasteiger charge is -2.28. The maximum absolute atomic E-state index is 2.47. The number of fused-ring (bicyclic) bond motifs is 1. The van der Waals surface area contributed by atoms with Gasteiger partial charge in [0, 0.05) is 0 Å². The Balaban J connectivity index is 2.19. The first-order valence-corrected chi connectivity index (χ1v) is 4.56. The Hall–Kier alpha value is 0. The molecule has 0 N–H and O–H groups in total. The molecule has 0 heteroatoms. The monoisotopic (exact) mass is 138 g/mol. The zero-order valence-corrected chi connectivity index (χ0v) is 7.57. The summed E-state index contributed by atoms with van der Waals surface area (Å²) in [6, 6.07) is 0. The molecule has 2 fully saturated rings. The molecule has 0 aromatic heterocycles. The van der Waals surface area contributed by atoms with E-state index in [4.69, 9.17) is 0 Å². The Morgan fingerprint density at radius 2 is 2.00 bits per heavy atom. The second-order valence-corrected chi connectivity index (χ2v) is 4.85. The van der Waals surface area contributed by atoms with Crippen molar-refractivity contribution in [1.29, 1.82) is 0 Å². The van der Waals surface area contributed by atoms with Gasteiger partial charge in [0.2, 0.25) is 0 Å². The van der Waals surface area contributed by atoms with Crippen molar-refractivity contribution in [3.63, 3.8) is 0 Å². The highest BCUT2D eigenvalue weighted by atomic mass is 14.8. The lowest BCUT2D eigenvalue weighted by Crippen LogP contribution is -2.20. The zero-order valence-electron chi connectivity index (χ0n) is 7.57. The predicted octanol–water partition coefficient (Wildman–Crippen LogP) is 3.08. The summed E-state index contributed by atoms with van der Waals surface area (Å²) in [5.74, 6) is 2.10. The van der Waals surface area contributed by atoms with Crippen LogP contribution in [0.1, 0.15) is 40.5 Å². The van der Waals surface area contributed by atoms with Crippen molar-refractivity contribution in [3.8, 4) is 0 Å². The van der Waals surface area contributed by atoms with Crippen LogP contribution in [-0.4, -0.2) is 0 Å². The Morgan fingerprint density at radius 3 is 2.10 bits per heavy atom. The van der Waals surface area contributed by atoms with E-state index >= 15 is 0 Å². The molecular weight excluding hydrogens is 120 g/mol. The van der Waals surface area contributed by atoms with Crippen LogP contribution in [0.2, 0.25) is 0 Å². The molecule has 0 bridgehead atoms. The summed E-state index contributed by atoms with van der Waals surface area (Å²) >= 11 is 0. The normalized spacial score (nSPS) is 64.8. The molecule has 0 aromatic carbocycles. The fraction of sp³-hybridized carbons (Fsp3) is 1.00. The van der Waals surface area contributed by atoms with E-state index in [1.165, 1.54) is 12.8 Å². The van der Waals surface area contributed by atoms with Gasteiger partial charge in [-0.2, -0.15) is 0 Å². The molecule has 0 radical (unpaired) electrons. The molecule has 4 atom stereocenters. The van der Waals surface area contributed by atoms with Crippen LogP contribution in [0.15, 0.2) is 0 Å². The average Bonchev–Trinajstić information content (AvgIpc) is 2.24. The first kappa shape index (κ1) is 6.69. The minimum absolute atomic E-state index is 0.729. The van der Waals surface area contributed by atoms with Crippen LogP contribution in [0, 0.1) is 22.7 Å². The Kier molecular flexibility index (Phi) is 0.964. The molecule has 0 aliphatic heterocycles. The summed E-state index contributed by atoms with van der Waals surface area (Å²) in [5, 5.41) is 0. The molecule has 0 aromatic rings. The third-order valence-corrected chi connectivity index (χ3v) is 4.64. The number of hydrogen-bond donors (Lipinski definition) is 0. The predicted molar refractivity (Wildman–Crippen MR) is 43.8 cm³/mol. The fourth-order valence-corrected chi connectivity index (χ4v) is 3.87. The van der Waals surface area contributed by atoms with Gasteiger partial charge in [-0.1, -0.05) is 27.7 Å². The summed E-state index contributed by atoms with van der Waals surface area (Å²) in [7, 11) is 0. The summed E-state index contributed by atoms with van der Waals surface area (Å²) in [6.45, 7) is 9.70. The maximum atomic E-state index is 2.47. The SMILES string of the molecule is CCC1(C)C2C(C)CC21C. The topological polar surface area (TPSA) is 0 Å². The van der Waals surface area contributed by atoms with E-state index in [1.807, 2.05) is 0 Å². The highest BCUT2D eigenvalue weighted by Gasteiger charge is 2.77. The quantitative estimate of drug-likeness (QED) is 0.522. The Labute approximate surface area is 64.0 Å². The molecular formula is C10H18. The van der Waals surface area contributed by atoms with Crippen LogP contribution in [0.3, 0.4) is 0 Å². The summed E-state index contributed by atoms with van der Waals surface area (Å²) in [5.41, 5.74) is 1.49. The average molecular weight is 138 g/mol. The summed E-state index contributed by atoms with van der Waals surface area (Å²) in [6.07, 6.45) is 2.88. The molecule has 2 saturated carbocycles. The molecule has 0 saturated heterocycles. The van der Waals surface area contributed by atoms with Gasteiger partial charge in [-0.3, -0.25) is 0 Å². The number of hydrogen-bond acceptors (Lipinski definition) is 0. The fourth-order valence-electron chi connectivity index (χ4n) is 3.87. The summed E-state index contributed by atoms with van der Waals surface area (Å²) < 4.78 is 0. The van der Waals surface area contributed by atoms with Gasteiger partial charge in [-0.25, -0.2) is 0 Å². The van der Waals surface area contributed by atoms with E-state index in [-0.39, 0.29) is 0 Å². The van der Waals surface area contributed by atoms with Crippen LogP contribution in [0.25, 0.3) is 0 Å². The smallest absolute Gasteiger partial charge is 0.0230 e. The van der Waals surface area contributed by atoms with Crippen LogP contribution in [-0.2, 0) is 0 Å². The van der Waals surface area contributed by atoms with Crippen molar-refractivity contribution in [3.05, 3.63) is 0 Å². The maximum Gasteiger partial charge on any atom is -0.0230 e. The molecule has 2 aliphatic carbocycles. The first-order chi connectivity index (χ1) is 4.56. The summed E-state index contributed by atoms with van der Waals surface area (Å²) in [4.78, 5) is 0. The van der Waals surface area contributed by atoms with Gasteiger partial charge in [0.05, 0.1) is 0 Å². The minimum Gasteiger partial charge on any atom is -0.0648 e. The first-order valence-electron chi connectivity index (χ1n) is 4.56. The molecule has 2 aliphatic rings. The van der Waals surface area contributed by atoms with Crippen LogP contribution < -0.4 is 0 Å². The molecule has 10 heavy (non-hydrogen) atoms. The molecule has 2 rings (SSSR count). The molecule has 4 unspecified atom stereocenters. The Bertz CT molecular complexity index is 173. The van der Waals surface area contributed by atoms with Gasteiger partial charge in [0.1, 0.15) is 0 Å². The van der Waals surface area contributed by atoms with E-state index in [1.54, 1.807) is 0 Å². The second kappa shape index (κ2) is 1.44. The van der Waals surface area contributed by atoms with Crippen molar-refractivity contribution < 1.29 is 0 Å². The van der Waals surface area contributed by atoms with Gasteiger partial charge < -0.3 is 0 Å². The van der Waals surface area contributed by atoms with E-state index in [0.717, 1.165) is 22.7 Å². The van der Waals surface area contributed by atoms with Crippen LogP contribution in [0.4, 0.5) is 0 Å². The van der Waals surface area contributed by atoms with E-state index in [0.29, 0.717) is 0 Å². The van der Waals surface area contributed by atoms with Gasteiger partial charge in [0.15, 0.2) is 0 Å². The standard InChI is InChI=1S/C10H18/c1-5-9(3)8-7(2)6-10(8,9)4/h7-8H,5-6H2,1-4H3. The van der Waals surface area contributed by atoms with Crippen LogP contribution in [0.5, 0.6) is 0 Å². The Morgan fingerprint density at radius 1 is 1.40 bits per heavy atom. The van der Waals surface area contributed by atoms with Crippen LogP contribution >= 0.6 is 0 Å². The molecule has 0 amide bonds. The van der Waals surface area contributed by atoms with E-state index in [2.05, 4.69) is 27.7 Å². The van der Waals surface area contributed by atoms with Crippen molar-refractivity contribution in [2.45, 2.75) is 40.5 Å². The second-order valence-electron chi connectivity index (χ2n) is 4.85. The van der Waals surface area contributed by atoms with Gasteiger partial charge in [0.25, 0.3) is 0 Å². The highest BCUT2D eigenvalue weighted by Crippen LogP contribution is 2.83. The van der Waals surface area contributed by atoms with Crippen molar-refractivity contribution >= 4 is 0 Å². The lowest BCUT2D eigenvalue weighted by atomic mass is 9.77. The third-order valence-electron chi connectivity index (χ3n) is 4.64. The lowest BCUT2D eigenvalue weighted by molar-refractivity contribution is 0.214. The van der Waals surface area contributed by atoms with Gasteiger partial charge in [-0.05, 0) is 35.5 Å². The largest absolute Gasteiger partial charge is 0.0648 e. The van der Waals surface area contributed by atoms with Crippen molar-refractivity contribution in [1.82, 2.24) is 0 Å². The zero-order chi connectivity index (χ0) is 7.57. The van der Waals surface area contributed by atoms with Gasteiger partial charge >= 0.3 is 0 Å². The van der Waals surface area contributed by atoms with Crippen molar-refractivity contribution in [2.24, 2.45) is 22.7 Å². The minimum atomic E-state index is 0.729. The number of rotatable bonds is 1. The highest BCUT2D eigenvalue weighted by molar-refractivity contribution is 5.25.